The van der Waals surface area contributed by atoms with Crippen LogP contribution in [0.4, 0.5) is 5.69 Å². The number of aromatic nitrogens is 3. The lowest BCUT2D eigenvalue weighted by Crippen LogP contribution is -2.40. The molecule has 2 aromatic heterocycles. The van der Waals surface area contributed by atoms with Gasteiger partial charge in [0.25, 0.3) is 5.56 Å². The lowest BCUT2D eigenvalue weighted by molar-refractivity contribution is -0.116. The van der Waals surface area contributed by atoms with Crippen LogP contribution in [0.15, 0.2) is 62.5 Å². The Kier molecular flexibility index (Phi) is 6.66. The van der Waals surface area contributed by atoms with Gasteiger partial charge in [-0.3, -0.25) is 14.2 Å². The Bertz CT molecular complexity index is 1440. The van der Waals surface area contributed by atoms with Crippen molar-refractivity contribution in [3.05, 3.63) is 74.9 Å². The summed E-state index contributed by atoms with van der Waals surface area (Å²) < 4.78 is 8.62. The van der Waals surface area contributed by atoms with Crippen molar-refractivity contribution >= 4 is 45.0 Å². The third kappa shape index (κ3) is 4.57. The highest BCUT2D eigenvalue weighted by Crippen LogP contribution is 2.27. The van der Waals surface area contributed by atoms with E-state index in [2.05, 4.69) is 10.3 Å². The summed E-state index contributed by atoms with van der Waals surface area (Å²) in [6.45, 7) is 3.60. The van der Waals surface area contributed by atoms with Gasteiger partial charge in [0.1, 0.15) is 17.0 Å². The number of nitrogens with zero attached hydrogens (tertiary/aromatic N) is 3. The first-order valence-corrected chi connectivity index (χ1v) is 12.0. The van der Waals surface area contributed by atoms with Crippen molar-refractivity contribution in [3.8, 4) is 11.4 Å². The van der Waals surface area contributed by atoms with Crippen molar-refractivity contribution in [2.24, 2.45) is 0 Å². The van der Waals surface area contributed by atoms with Crippen LogP contribution in [0.2, 0.25) is 0 Å². The normalized spacial score (nSPS) is 11.0. The summed E-state index contributed by atoms with van der Waals surface area (Å²) in [5.74, 6) is 0.836. The van der Waals surface area contributed by atoms with Crippen molar-refractivity contribution in [1.29, 1.82) is 0 Å². The van der Waals surface area contributed by atoms with Gasteiger partial charge in [0.15, 0.2) is 9.99 Å². The van der Waals surface area contributed by atoms with E-state index in [0.29, 0.717) is 26.2 Å². The number of rotatable bonds is 7. The lowest BCUT2D eigenvalue weighted by Gasteiger charge is -2.13. The minimum atomic E-state index is -0.620. The fraction of sp³-hybridized carbons (Fsp3) is 0.217. The molecule has 170 valence electrons. The highest BCUT2D eigenvalue weighted by molar-refractivity contribution is 8.01. The quantitative estimate of drug-likeness (QED) is 0.404. The van der Waals surface area contributed by atoms with Gasteiger partial charge in [-0.2, -0.15) is 0 Å². The monoisotopic (exact) mass is 482 g/mol. The van der Waals surface area contributed by atoms with E-state index in [0.717, 1.165) is 15.9 Å². The van der Waals surface area contributed by atoms with E-state index >= 15 is 0 Å². The molecule has 0 fully saturated rings. The number of carbonyl (C=O) groups excluding carboxylic acids is 1. The molecule has 0 atom stereocenters. The van der Waals surface area contributed by atoms with Gasteiger partial charge in [-0.1, -0.05) is 48.5 Å². The van der Waals surface area contributed by atoms with Gasteiger partial charge < -0.3 is 10.1 Å². The number of anilines is 1. The smallest absolute Gasteiger partial charge is 0.337 e. The molecule has 2 aromatic carbocycles. The van der Waals surface area contributed by atoms with Crippen molar-refractivity contribution < 1.29 is 9.53 Å². The molecule has 0 saturated carbocycles. The highest BCUT2D eigenvalue weighted by Gasteiger charge is 2.21. The maximum absolute atomic E-state index is 13.4. The van der Waals surface area contributed by atoms with Crippen molar-refractivity contribution in [2.75, 3.05) is 18.2 Å². The van der Waals surface area contributed by atoms with Crippen LogP contribution < -0.4 is 21.3 Å². The van der Waals surface area contributed by atoms with Crippen molar-refractivity contribution in [1.82, 2.24) is 14.1 Å². The molecule has 0 saturated heterocycles. The molecule has 0 radical (unpaired) electrons. The lowest BCUT2D eigenvalue weighted by atomic mass is 10.2. The molecular formula is C23H22N4O4S2. The number of ether oxygens (including phenoxy) is 1. The van der Waals surface area contributed by atoms with E-state index in [1.165, 1.54) is 34.8 Å². The molecule has 10 heteroatoms. The number of carbonyl (C=O) groups is 1. The molecule has 0 aliphatic rings. The van der Waals surface area contributed by atoms with Gasteiger partial charge >= 0.3 is 5.69 Å². The van der Waals surface area contributed by atoms with Crippen LogP contribution >= 0.6 is 23.1 Å². The summed E-state index contributed by atoms with van der Waals surface area (Å²) in [5, 5.41) is 2.77. The SMILES string of the molecule is CCSc1nc2c(s1)c(=O)n(-c1ccc(C)cc1)c(=O)n2CC(=O)Nc1ccccc1OC. The first-order valence-electron chi connectivity index (χ1n) is 10.2. The number of thiazole rings is 1. The molecule has 4 aromatic rings. The van der Waals surface area contributed by atoms with Crippen LogP contribution in [0.5, 0.6) is 5.75 Å². The van der Waals surface area contributed by atoms with Gasteiger partial charge in [0, 0.05) is 0 Å². The number of hydrogen-bond acceptors (Lipinski definition) is 7. The number of thioether (sulfide) groups is 1. The van der Waals surface area contributed by atoms with E-state index in [1.807, 2.05) is 26.0 Å². The molecule has 0 unspecified atom stereocenters. The minimum Gasteiger partial charge on any atom is -0.495 e. The second kappa shape index (κ2) is 9.63. The zero-order chi connectivity index (χ0) is 23.5. The Morgan fingerprint density at radius 3 is 2.58 bits per heavy atom. The summed E-state index contributed by atoms with van der Waals surface area (Å²) in [6.07, 6.45) is 0. The zero-order valence-electron chi connectivity index (χ0n) is 18.3. The fourth-order valence-corrected chi connectivity index (χ4v) is 5.32. The minimum absolute atomic E-state index is 0.212. The first-order chi connectivity index (χ1) is 15.9. The van der Waals surface area contributed by atoms with E-state index in [9.17, 15) is 14.4 Å². The molecule has 0 aliphatic carbocycles. The van der Waals surface area contributed by atoms with Crippen LogP contribution in [0, 0.1) is 6.92 Å². The number of aryl methyl sites for hydroxylation is 1. The largest absolute Gasteiger partial charge is 0.495 e. The molecule has 2 heterocycles. The van der Waals surface area contributed by atoms with E-state index in [4.69, 9.17) is 4.74 Å². The van der Waals surface area contributed by atoms with Gasteiger partial charge in [-0.25, -0.2) is 14.3 Å². The van der Waals surface area contributed by atoms with Crippen LogP contribution in [-0.2, 0) is 11.3 Å². The second-order valence-corrected chi connectivity index (χ2v) is 9.67. The van der Waals surface area contributed by atoms with Gasteiger partial charge in [-0.15, -0.1) is 11.3 Å². The Morgan fingerprint density at radius 1 is 1.15 bits per heavy atom. The number of nitrogens with one attached hydrogen (secondary N) is 1. The summed E-state index contributed by atoms with van der Waals surface area (Å²) in [5.41, 5.74) is 1.08. The zero-order valence-corrected chi connectivity index (χ0v) is 20.0. The molecular weight excluding hydrogens is 460 g/mol. The fourth-order valence-electron chi connectivity index (χ4n) is 3.35. The number of fused-ring (bicyclic) bond motifs is 1. The molecule has 0 aliphatic heterocycles. The molecule has 0 bridgehead atoms. The standard InChI is InChI=1S/C23H22N4O4S2/c1-4-32-22-25-20-19(33-22)21(29)27(15-11-9-14(2)10-12-15)23(30)26(20)13-18(28)24-16-7-5-6-8-17(16)31-3/h5-12H,4,13H2,1-3H3,(H,24,28). The van der Waals surface area contributed by atoms with Gasteiger partial charge in [0.2, 0.25) is 5.91 Å². The van der Waals surface area contributed by atoms with E-state index in [1.54, 1.807) is 36.4 Å². The van der Waals surface area contributed by atoms with Crippen LogP contribution in [-0.4, -0.2) is 32.9 Å². The van der Waals surface area contributed by atoms with E-state index < -0.39 is 17.2 Å². The Morgan fingerprint density at radius 2 is 1.88 bits per heavy atom. The number of hydrogen-bond donors (Lipinski definition) is 1. The van der Waals surface area contributed by atoms with Gasteiger partial charge in [-0.05, 0) is 36.9 Å². The Labute approximate surface area is 197 Å². The average Bonchev–Trinajstić information content (AvgIpc) is 3.23. The second-order valence-electron chi connectivity index (χ2n) is 7.16. The van der Waals surface area contributed by atoms with Crippen molar-refractivity contribution in [3.63, 3.8) is 0 Å². The average molecular weight is 483 g/mol. The molecule has 1 amide bonds. The highest BCUT2D eigenvalue weighted by atomic mass is 32.2. The van der Waals surface area contributed by atoms with E-state index in [-0.39, 0.29) is 12.2 Å². The number of benzene rings is 2. The van der Waals surface area contributed by atoms with Crippen LogP contribution in [0.25, 0.3) is 16.0 Å². The maximum atomic E-state index is 13.4. The first kappa shape index (κ1) is 22.8. The third-order valence-corrected chi connectivity index (χ3v) is 6.97. The Balaban J connectivity index is 1.83. The Hall–Kier alpha value is -3.37. The third-order valence-electron chi connectivity index (χ3n) is 4.91. The number of methoxy groups -OCH3 is 1. The summed E-state index contributed by atoms with van der Waals surface area (Å²) in [6, 6.07) is 14.1. The predicted molar refractivity (Wildman–Crippen MR) is 132 cm³/mol. The van der Waals surface area contributed by atoms with Crippen LogP contribution in [0.1, 0.15) is 12.5 Å². The molecule has 4 rings (SSSR count). The summed E-state index contributed by atoms with van der Waals surface area (Å²) >= 11 is 2.71. The molecule has 0 spiro atoms. The van der Waals surface area contributed by atoms with Gasteiger partial charge in [0.05, 0.1) is 18.5 Å². The number of amides is 1. The van der Waals surface area contributed by atoms with Crippen molar-refractivity contribution in [2.45, 2.75) is 24.7 Å². The predicted octanol–water partition coefficient (Wildman–Crippen LogP) is 3.68. The molecule has 8 nitrogen and oxygen atoms in total. The topological polar surface area (TPSA) is 95.2 Å². The maximum Gasteiger partial charge on any atom is 0.337 e. The van der Waals surface area contributed by atoms with Crippen LogP contribution in [0.3, 0.4) is 0 Å². The summed E-state index contributed by atoms with van der Waals surface area (Å²) in [4.78, 5) is 44.1. The molecule has 1 N–H and O–H groups in total. The number of para-hydroxylation sites is 2. The summed E-state index contributed by atoms with van der Waals surface area (Å²) in [7, 11) is 1.51. The molecule has 33 heavy (non-hydrogen) atoms.